The third-order valence-electron chi connectivity index (χ3n) is 8.34. The number of carbonyl (C=O) groups is 3. The second-order valence-electron chi connectivity index (χ2n) is 11.6. The lowest BCUT2D eigenvalue weighted by Gasteiger charge is -2.35. The van der Waals surface area contributed by atoms with Crippen LogP contribution in [-0.4, -0.2) is 62.9 Å². The molecule has 1 aromatic heterocycles. The van der Waals surface area contributed by atoms with Crippen molar-refractivity contribution in [1.29, 1.82) is 0 Å². The maximum Gasteiger partial charge on any atom is 0.251 e. The van der Waals surface area contributed by atoms with Gasteiger partial charge in [-0.25, -0.2) is 0 Å². The number of aromatic nitrogens is 2. The van der Waals surface area contributed by atoms with Crippen LogP contribution in [0.2, 0.25) is 0 Å². The normalized spacial score (nSPS) is 22.1. The Bertz CT molecular complexity index is 1460. The average molecular weight is 554 g/mol. The number of hydrogen-bond donors (Lipinski definition) is 1. The summed E-state index contributed by atoms with van der Waals surface area (Å²) in [7, 11) is 0. The number of rotatable bonds is 7. The number of likely N-dealkylation sites (tertiary alicyclic amines) is 1. The van der Waals surface area contributed by atoms with Crippen LogP contribution in [0.15, 0.2) is 54.6 Å². The largest absolute Gasteiger partial charge is 0.457 e. The number of carbonyl (C=O) groups excluding carboxylic acids is 3. The molecule has 0 spiro atoms. The monoisotopic (exact) mass is 553 g/mol. The van der Waals surface area contributed by atoms with Crippen LogP contribution in [0, 0.1) is 12.8 Å². The van der Waals surface area contributed by atoms with Gasteiger partial charge in [0.15, 0.2) is 0 Å². The van der Waals surface area contributed by atoms with Crippen LogP contribution in [0.25, 0.3) is 11.3 Å². The van der Waals surface area contributed by atoms with Gasteiger partial charge in [0.05, 0.1) is 11.4 Å². The SMILES string of the molecule is Cc1ccc(-c2ccc(Oc3cc(C(=O)NC4CCN5C(=O)CCC5C4)ccc3CN3C[C@@H](C)CC3=O)cc2)nn1. The van der Waals surface area contributed by atoms with E-state index in [9.17, 15) is 14.4 Å². The Kier molecular flexibility index (Phi) is 7.43. The van der Waals surface area contributed by atoms with Crippen molar-refractivity contribution in [2.75, 3.05) is 13.1 Å². The molecule has 0 aliphatic carbocycles. The number of amides is 3. The molecule has 1 N–H and O–H groups in total. The predicted octanol–water partition coefficient (Wildman–Crippen LogP) is 4.50. The lowest BCUT2D eigenvalue weighted by molar-refractivity contribution is -0.130. The van der Waals surface area contributed by atoms with Crippen LogP contribution >= 0.6 is 0 Å². The van der Waals surface area contributed by atoms with Gasteiger partial charge in [-0.15, -0.1) is 0 Å². The van der Waals surface area contributed by atoms with E-state index in [0.717, 1.165) is 41.8 Å². The maximum absolute atomic E-state index is 13.3. The van der Waals surface area contributed by atoms with Gasteiger partial charge in [0, 0.05) is 61.2 Å². The van der Waals surface area contributed by atoms with Crippen LogP contribution in [0.5, 0.6) is 11.5 Å². The van der Waals surface area contributed by atoms with Crippen LogP contribution in [0.3, 0.4) is 0 Å². The molecule has 4 heterocycles. The molecule has 9 nitrogen and oxygen atoms in total. The zero-order chi connectivity index (χ0) is 28.5. The van der Waals surface area contributed by atoms with E-state index in [1.807, 2.05) is 59.2 Å². The van der Waals surface area contributed by atoms with Gasteiger partial charge in [0.2, 0.25) is 11.8 Å². The Morgan fingerprint density at radius 3 is 2.59 bits per heavy atom. The fourth-order valence-electron chi connectivity index (χ4n) is 6.11. The van der Waals surface area contributed by atoms with Crippen LogP contribution < -0.4 is 10.1 Å². The smallest absolute Gasteiger partial charge is 0.251 e. The molecule has 0 radical (unpaired) electrons. The van der Waals surface area contributed by atoms with Crippen LogP contribution in [0.1, 0.15) is 60.6 Å². The first-order valence-corrected chi connectivity index (χ1v) is 14.4. The molecule has 3 amide bonds. The van der Waals surface area contributed by atoms with Gasteiger partial charge < -0.3 is 19.9 Å². The molecule has 2 unspecified atom stereocenters. The number of aryl methyl sites for hydroxylation is 1. The molecular weight excluding hydrogens is 518 g/mol. The van der Waals surface area contributed by atoms with E-state index in [2.05, 4.69) is 22.4 Å². The molecule has 3 saturated heterocycles. The molecule has 2 aromatic carbocycles. The highest BCUT2D eigenvalue weighted by Gasteiger charge is 2.36. The van der Waals surface area contributed by atoms with Gasteiger partial charge in [-0.2, -0.15) is 10.2 Å². The summed E-state index contributed by atoms with van der Waals surface area (Å²) in [5, 5.41) is 11.6. The molecule has 3 aliphatic rings. The molecule has 9 heteroatoms. The van der Waals surface area contributed by atoms with Gasteiger partial charge in [-0.3, -0.25) is 14.4 Å². The molecule has 3 fully saturated rings. The van der Waals surface area contributed by atoms with Crippen molar-refractivity contribution < 1.29 is 19.1 Å². The van der Waals surface area contributed by atoms with Crippen LogP contribution in [0.4, 0.5) is 0 Å². The first-order valence-electron chi connectivity index (χ1n) is 14.4. The number of ether oxygens (including phenoxy) is 1. The van der Waals surface area contributed by atoms with E-state index in [1.165, 1.54) is 0 Å². The van der Waals surface area contributed by atoms with Crippen LogP contribution in [-0.2, 0) is 16.1 Å². The third kappa shape index (κ3) is 5.94. The van der Waals surface area contributed by atoms with Crippen molar-refractivity contribution in [3.8, 4) is 22.8 Å². The number of hydrogen-bond acceptors (Lipinski definition) is 6. The van der Waals surface area contributed by atoms with Crippen molar-refractivity contribution in [3.05, 3.63) is 71.4 Å². The lowest BCUT2D eigenvalue weighted by atomic mass is 9.97. The van der Waals surface area contributed by atoms with Crippen molar-refractivity contribution in [3.63, 3.8) is 0 Å². The number of benzene rings is 2. The maximum atomic E-state index is 13.3. The van der Waals surface area contributed by atoms with E-state index in [1.54, 1.807) is 12.1 Å². The van der Waals surface area contributed by atoms with Gasteiger partial charge in [0.25, 0.3) is 5.91 Å². The summed E-state index contributed by atoms with van der Waals surface area (Å²) in [5.41, 5.74) is 3.90. The van der Waals surface area contributed by atoms with E-state index in [-0.39, 0.29) is 29.8 Å². The summed E-state index contributed by atoms with van der Waals surface area (Å²) in [4.78, 5) is 41.7. The number of piperidine rings is 1. The lowest BCUT2D eigenvalue weighted by Crippen LogP contribution is -2.48. The summed E-state index contributed by atoms with van der Waals surface area (Å²) in [6, 6.07) is 17.1. The molecule has 6 rings (SSSR count). The first kappa shape index (κ1) is 26.9. The van der Waals surface area contributed by atoms with Crippen molar-refractivity contribution in [2.24, 2.45) is 5.92 Å². The molecule has 0 saturated carbocycles. The van der Waals surface area contributed by atoms with E-state index >= 15 is 0 Å². The highest BCUT2D eigenvalue weighted by Crippen LogP contribution is 2.32. The van der Waals surface area contributed by atoms with Crippen molar-refractivity contribution in [2.45, 2.75) is 64.6 Å². The number of nitrogens with one attached hydrogen (secondary N) is 1. The predicted molar refractivity (Wildman–Crippen MR) is 153 cm³/mol. The Balaban J connectivity index is 1.21. The molecule has 0 bridgehead atoms. The van der Waals surface area contributed by atoms with Gasteiger partial charge in [0.1, 0.15) is 11.5 Å². The first-order chi connectivity index (χ1) is 19.8. The van der Waals surface area contributed by atoms with Crippen molar-refractivity contribution in [1.82, 2.24) is 25.3 Å². The standard InChI is InChI=1S/C32H35N5O4/c1-20-15-31(39)36(18-20)19-24-5-4-23(32(40)33-25-13-14-37-26(17-25)8-12-30(37)38)16-29(24)41-27-9-6-22(7-10-27)28-11-3-21(2)34-35-28/h3-7,9-11,16,20,25-26H,8,12-15,17-19H2,1-2H3,(H,33,40)/t20-,25?,26?/m0/s1. The molecule has 212 valence electrons. The zero-order valence-electron chi connectivity index (χ0n) is 23.5. The second kappa shape index (κ2) is 11.3. The summed E-state index contributed by atoms with van der Waals surface area (Å²) in [6.45, 7) is 5.79. The molecule has 3 aliphatic heterocycles. The molecule has 41 heavy (non-hydrogen) atoms. The van der Waals surface area contributed by atoms with Gasteiger partial charge >= 0.3 is 0 Å². The Labute approximate surface area is 239 Å². The number of nitrogens with zero attached hydrogens (tertiary/aromatic N) is 4. The second-order valence-corrected chi connectivity index (χ2v) is 11.6. The summed E-state index contributed by atoms with van der Waals surface area (Å²) in [6.07, 6.45) is 3.55. The zero-order valence-corrected chi connectivity index (χ0v) is 23.5. The fraction of sp³-hybridized carbons (Fsp3) is 0.406. The minimum Gasteiger partial charge on any atom is -0.457 e. The van der Waals surface area contributed by atoms with E-state index in [0.29, 0.717) is 55.5 Å². The van der Waals surface area contributed by atoms with E-state index in [4.69, 9.17) is 4.74 Å². The van der Waals surface area contributed by atoms with Crippen molar-refractivity contribution >= 4 is 17.7 Å². The molecular formula is C32H35N5O4. The van der Waals surface area contributed by atoms with E-state index < -0.39 is 0 Å². The highest BCUT2D eigenvalue weighted by atomic mass is 16.5. The summed E-state index contributed by atoms with van der Waals surface area (Å²) in [5.74, 6) is 1.67. The summed E-state index contributed by atoms with van der Waals surface area (Å²) < 4.78 is 6.34. The molecule has 3 aromatic rings. The minimum atomic E-state index is -0.164. The number of fused-ring (bicyclic) bond motifs is 1. The van der Waals surface area contributed by atoms with Gasteiger partial charge in [-0.1, -0.05) is 13.0 Å². The Morgan fingerprint density at radius 1 is 1.02 bits per heavy atom. The third-order valence-corrected chi connectivity index (χ3v) is 8.34. The Morgan fingerprint density at radius 2 is 1.85 bits per heavy atom. The topological polar surface area (TPSA) is 105 Å². The van der Waals surface area contributed by atoms with Gasteiger partial charge in [-0.05, 0) is 80.6 Å². The fourth-order valence-corrected chi connectivity index (χ4v) is 6.11. The minimum absolute atomic E-state index is 0.0276. The Hall–Kier alpha value is -4.27. The summed E-state index contributed by atoms with van der Waals surface area (Å²) >= 11 is 0. The quantitative estimate of drug-likeness (QED) is 0.462. The molecule has 3 atom stereocenters. The average Bonchev–Trinajstić information content (AvgIpc) is 3.49. The highest BCUT2D eigenvalue weighted by molar-refractivity contribution is 5.95.